The highest BCUT2D eigenvalue weighted by atomic mass is 35.5. The number of nitrogens with zero attached hydrogens (tertiary/aromatic N) is 3. The highest BCUT2D eigenvalue weighted by Gasteiger charge is 2.23. The summed E-state index contributed by atoms with van der Waals surface area (Å²) in [4.78, 5) is 18.7. The summed E-state index contributed by atoms with van der Waals surface area (Å²) in [6.45, 7) is 4.45. The van der Waals surface area contributed by atoms with Gasteiger partial charge in [-0.1, -0.05) is 23.7 Å². The summed E-state index contributed by atoms with van der Waals surface area (Å²) in [6, 6.07) is 9.75. The third-order valence-electron chi connectivity index (χ3n) is 4.69. The first-order valence-corrected chi connectivity index (χ1v) is 8.55. The summed E-state index contributed by atoms with van der Waals surface area (Å²) in [5, 5.41) is 1.71. The molecule has 24 heavy (non-hydrogen) atoms. The minimum absolute atomic E-state index is 0.00434. The van der Waals surface area contributed by atoms with E-state index in [1.165, 1.54) is 22.0 Å². The number of benzene rings is 1. The number of carbonyl (C=O) groups excluding carboxylic acids is 1. The molecule has 0 fully saturated rings. The predicted molar refractivity (Wildman–Crippen MR) is 95.3 cm³/mol. The Balaban J connectivity index is 1.71. The fourth-order valence-electron chi connectivity index (χ4n) is 3.50. The number of rotatable bonds is 2. The maximum Gasteiger partial charge on any atom is 0.255 e. The van der Waals surface area contributed by atoms with Crippen LogP contribution in [0.5, 0.6) is 0 Å². The van der Waals surface area contributed by atoms with Crippen molar-refractivity contribution in [2.24, 2.45) is 0 Å². The van der Waals surface area contributed by atoms with Crippen LogP contribution < -0.4 is 0 Å². The van der Waals surface area contributed by atoms with Crippen LogP contribution in [0.4, 0.5) is 0 Å². The summed E-state index contributed by atoms with van der Waals surface area (Å²) in [7, 11) is 0. The zero-order valence-corrected chi connectivity index (χ0v) is 14.3. The van der Waals surface area contributed by atoms with E-state index in [1.54, 1.807) is 18.3 Å². The number of carbonyl (C=O) groups is 1. The van der Waals surface area contributed by atoms with Crippen molar-refractivity contribution < 1.29 is 4.79 Å². The number of hydrogen-bond acceptors (Lipinski definition) is 2. The minimum Gasteiger partial charge on any atom is -0.347 e. The SMILES string of the molecule is CCn1cc2c3c(cccc31)CN(C(=O)c1ccc(Cl)nc1)CC2. The highest BCUT2D eigenvalue weighted by molar-refractivity contribution is 6.29. The topological polar surface area (TPSA) is 38.1 Å². The first-order chi connectivity index (χ1) is 11.7. The van der Waals surface area contributed by atoms with Gasteiger partial charge in [-0.05, 0) is 42.7 Å². The van der Waals surface area contributed by atoms with E-state index in [9.17, 15) is 4.79 Å². The lowest BCUT2D eigenvalue weighted by molar-refractivity contribution is 0.0747. The molecule has 0 atom stereocenters. The van der Waals surface area contributed by atoms with Crippen molar-refractivity contribution in [1.82, 2.24) is 14.5 Å². The van der Waals surface area contributed by atoms with E-state index in [0.29, 0.717) is 23.8 Å². The molecule has 1 aromatic carbocycles. The monoisotopic (exact) mass is 339 g/mol. The van der Waals surface area contributed by atoms with E-state index in [-0.39, 0.29) is 5.91 Å². The second kappa shape index (κ2) is 5.95. The zero-order valence-electron chi connectivity index (χ0n) is 13.5. The first-order valence-electron chi connectivity index (χ1n) is 8.18. The zero-order chi connectivity index (χ0) is 16.7. The van der Waals surface area contributed by atoms with Gasteiger partial charge in [-0.3, -0.25) is 4.79 Å². The molecule has 4 rings (SSSR count). The van der Waals surface area contributed by atoms with Crippen LogP contribution >= 0.6 is 11.6 Å². The molecule has 122 valence electrons. The van der Waals surface area contributed by atoms with E-state index in [2.05, 4.69) is 40.9 Å². The molecule has 3 aromatic rings. The van der Waals surface area contributed by atoms with Crippen LogP contribution in [-0.4, -0.2) is 26.9 Å². The molecule has 0 saturated carbocycles. The molecule has 1 aliphatic rings. The van der Waals surface area contributed by atoms with Gasteiger partial charge in [0.1, 0.15) is 5.15 Å². The number of halogens is 1. The molecular weight excluding hydrogens is 322 g/mol. The molecule has 0 unspecified atom stereocenters. The smallest absolute Gasteiger partial charge is 0.255 e. The molecule has 5 heteroatoms. The molecule has 0 spiro atoms. The van der Waals surface area contributed by atoms with Crippen LogP contribution in [0.3, 0.4) is 0 Å². The van der Waals surface area contributed by atoms with Gasteiger partial charge in [0.2, 0.25) is 0 Å². The van der Waals surface area contributed by atoms with Crippen molar-refractivity contribution in [3.05, 3.63) is 64.6 Å². The Labute approximate surface area is 145 Å². The maximum absolute atomic E-state index is 12.8. The van der Waals surface area contributed by atoms with Crippen molar-refractivity contribution in [2.75, 3.05) is 6.54 Å². The van der Waals surface area contributed by atoms with Crippen LogP contribution in [0.2, 0.25) is 5.15 Å². The first kappa shape index (κ1) is 15.2. The second-order valence-electron chi connectivity index (χ2n) is 6.10. The van der Waals surface area contributed by atoms with E-state index in [4.69, 9.17) is 11.6 Å². The molecule has 3 heterocycles. The summed E-state index contributed by atoms with van der Waals surface area (Å²) in [5.41, 5.74) is 4.37. The average molecular weight is 340 g/mol. The van der Waals surface area contributed by atoms with Gasteiger partial charge in [-0.2, -0.15) is 0 Å². The predicted octanol–water partition coefficient (Wildman–Crippen LogP) is 3.91. The molecule has 1 amide bonds. The third kappa shape index (κ3) is 2.47. The van der Waals surface area contributed by atoms with Crippen LogP contribution in [0.1, 0.15) is 28.4 Å². The number of amides is 1. The highest BCUT2D eigenvalue weighted by Crippen LogP contribution is 2.30. The van der Waals surface area contributed by atoms with Crippen LogP contribution in [0.15, 0.2) is 42.7 Å². The van der Waals surface area contributed by atoms with Gasteiger partial charge >= 0.3 is 0 Å². The lowest BCUT2D eigenvalue weighted by atomic mass is 10.1. The van der Waals surface area contributed by atoms with Crippen molar-refractivity contribution >= 4 is 28.4 Å². The van der Waals surface area contributed by atoms with Crippen molar-refractivity contribution in [3.8, 4) is 0 Å². The van der Waals surface area contributed by atoms with Crippen molar-refractivity contribution in [2.45, 2.75) is 26.4 Å². The summed E-state index contributed by atoms with van der Waals surface area (Å²) >= 11 is 5.82. The van der Waals surface area contributed by atoms with Gasteiger partial charge < -0.3 is 9.47 Å². The van der Waals surface area contributed by atoms with Gasteiger partial charge in [-0.25, -0.2) is 4.98 Å². The third-order valence-corrected chi connectivity index (χ3v) is 4.91. The molecule has 0 aliphatic carbocycles. The molecular formula is C19H18ClN3O. The van der Waals surface area contributed by atoms with E-state index < -0.39 is 0 Å². The molecule has 0 saturated heterocycles. The van der Waals surface area contributed by atoms with Crippen LogP contribution in [-0.2, 0) is 19.5 Å². The van der Waals surface area contributed by atoms with E-state index in [1.807, 2.05) is 4.90 Å². The Morgan fingerprint density at radius 3 is 2.88 bits per heavy atom. The van der Waals surface area contributed by atoms with Gasteiger partial charge in [-0.15, -0.1) is 0 Å². The van der Waals surface area contributed by atoms with Gasteiger partial charge in [0.15, 0.2) is 0 Å². The van der Waals surface area contributed by atoms with E-state index >= 15 is 0 Å². The molecule has 2 aromatic heterocycles. The quantitative estimate of drug-likeness (QED) is 0.664. The Kier molecular flexibility index (Phi) is 3.77. The van der Waals surface area contributed by atoms with Crippen LogP contribution in [0.25, 0.3) is 10.9 Å². The number of pyridine rings is 1. The summed E-state index contributed by atoms with van der Waals surface area (Å²) in [6.07, 6.45) is 4.65. The van der Waals surface area contributed by atoms with Crippen LogP contribution in [0, 0.1) is 0 Å². The van der Waals surface area contributed by atoms with Gasteiger partial charge in [0, 0.05) is 42.9 Å². The van der Waals surface area contributed by atoms with Crippen molar-refractivity contribution in [3.63, 3.8) is 0 Å². The summed E-state index contributed by atoms with van der Waals surface area (Å²) in [5.74, 6) is 0.00434. The summed E-state index contributed by atoms with van der Waals surface area (Å²) < 4.78 is 2.29. The maximum atomic E-state index is 12.8. The molecule has 0 N–H and O–H groups in total. The van der Waals surface area contributed by atoms with Gasteiger partial charge in [0.05, 0.1) is 5.56 Å². The Bertz CT molecular complexity index is 914. The van der Waals surface area contributed by atoms with Crippen molar-refractivity contribution in [1.29, 1.82) is 0 Å². The van der Waals surface area contributed by atoms with Gasteiger partial charge in [0.25, 0.3) is 5.91 Å². The minimum atomic E-state index is 0.00434. The Hall–Kier alpha value is -2.33. The molecule has 0 bridgehead atoms. The fourth-order valence-corrected chi connectivity index (χ4v) is 3.61. The largest absolute Gasteiger partial charge is 0.347 e. The normalized spacial score (nSPS) is 14.0. The number of hydrogen-bond donors (Lipinski definition) is 0. The Morgan fingerprint density at radius 2 is 2.12 bits per heavy atom. The lowest BCUT2D eigenvalue weighted by Crippen LogP contribution is -2.31. The molecule has 0 radical (unpaired) electrons. The molecule has 4 nitrogen and oxygen atoms in total. The number of aromatic nitrogens is 2. The second-order valence-corrected chi connectivity index (χ2v) is 6.49. The molecule has 1 aliphatic heterocycles. The lowest BCUT2D eigenvalue weighted by Gasteiger charge is -2.21. The standard InChI is InChI=1S/C19H18ClN3O/c1-2-22-11-15-8-9-23(12-14-4-3-5-16(22)18(14)15)19(24)13-6-7-17(20)21-10-13/h3-7,10-11H,2,8-9,12H2,1H3. The fraction of sp³-hybridized carbons (Fsp3) is 0.263. The average Bonchev–Trinajstić information content (AvgIpc) is 2.86. The Morgan fingerprint density at radius 1 is 1.25 bits per heavy atom. The van der Waals surface area contributed by atoms with E-state index in [0.717, 1.165) is 13.0 Å². The number of aryl methyl sites for hydroxylation is 1.